The number of ether oxygens (including phenoxy) is 1. The number of carbonyl (C=O) groups excluding carboxylic acids is 2. The van der Waals surface area contributed by atoms with E-state index in [0.717, 1.165) is 17.0 Å². The highest BCUT2D eigenvalue weighted by Gasteiger charge is 2.23. The molecule has 0 aliphatic heterocycles. The maximum atomic E-state index is 13.1. The monoisotopic (exact) mass is 365 g/mol. The van der Waals surface area contributed by atoms with Crippen molar-refractivity contribution in [2.24, 2.45) is 0 Å². The molecule has 0 fully saturated rings. The zero-order valence-electron chi connectivity index (χ0n) is 13.7. The lowest BCUT2D eigenvalue weighted by Gasteiger charge is -2.16. The molecule has 2 aromatic carbocycles. The molecular formula is C18H17F2NO3S. The van der Waals surface area contributed by atoms with E-state index in [4.69, 9.17) is 4.74 Å². The molecule has 0 saturated heterocycles. The van der Waals surface area contributed by atoms with Crippen molar-refractivity contribution in [1.29, 1.82) is 0 Å². The molecule has 0 bridgehead atoms. The van der Waals surface area contributed by atoms with Gasteiger partial charge in [0.2, 0.25) is 0 Å². The molecule has 1 N–H and O–H groups in total. The van der Waals surface area contributed by atoms with Gasteiger partial charge in [-0.3, -0.25) is 9.59 Å². The number of benzene rings is 2. The quantitative estimate of drug-likeness (QED) is 0.621. The van der Waals surface area contributed by atoms with E-state index in [0.29, 0.717) is 0 Å². The van der Waals surface area contributed by atoms with Gasteiger partial charge in [-0.15, -0.1) is 11.8 Å². The first kappa shape index (κ1) is 18.9. The van der Waals surface area contributed by atoms with Crippen LogP contribution in [0.15, 0.2) is 53.4 Å². The summed E-state index contributed by atoms with van der Waals surface area (Å²) < 4.78 is 31.1. The minimum absolute atomic E-state index is 0.0820. The Bertz CT molecular complexity index is 755. The molecule has 132 valence electrons. The molecule has 25 heavy (non-hydrogen) atoms. The van der Waals surface area contributed by atoms with Crippen LogP contribution in [-0.4, -0.2) is 23.2 Å². The Balaban J connectivity index is 1.89. The van der Waals surface area contributed by atoms with Crippen molar-refractivity contribution in [3.63, 3.8) is 0 Å². The third kappa shape index (κ3) is 5.56. The fraction of sp³-hybridized carbons (Fsp3) is 0.222. The molecule has 0 saturated carbocycles. The third-order valence-electron chi connectivity index (χ3n) is 3.24. The van der Waals surface area contributed by atoms with Gasteiger partial charge in [0.1, 0.15) is 5.25 Å². The topological polar surface area (TPSA) is 55.4 Å². The van der Waals surface area contributed by atoms with E-state index in [1.165, 1.54) is 24.8 Å². The molecule has 0 unspecified atom stereocenters. The first-order chi connectivity index (χ1) is 11.9. The largest absolute Gasteiger partial charge is 0.452 e. The summed E-state index contributed by atoms with van der Waals surface area (Å²) in [7, 11) is 0. The molecule has 0 aliphatic carbocycles. The second kappa shape index (κ2) is 8.62. The van der Waals surface area contributed by atoms with Crippen molar-refractivity contribution >= 4 is 29.3 Å². The van der Waals surface area contributed by atoms with Gasteiger partial charge >= 0.3 is 5.97 Å². The predicted molar refractivity (Wildman–Crippen MR) is 92.3 cm³/mol. The number of hydrogen-bond donors (Lipinski definition) is 1. The van der Waals surface area contributed by atoms with Gasteiger partial charge in [0.25, 0.3) is 5.91 Å². The van der Waals surface area contributed by atoms with Crippen LogP contribution in [0.25, 0.3) is 0 Å². The Hall–Kier alpha value is -2.41. The highest BCUT2D eigenvalue weighted by molar-refractivity contribution is 8.00. The minimum Gasteiger partial charge on any atom is -0.452 e. The molecule has 2 rings (SSSR count). The number of esters is 1. The van der Waals surface area contributed by atoms with Gasteiger partial charge in [0.05, 0.1) is 0 Å². The Kier molecular flexibility index (Phi) is 6.52. The minimum atomic E-state index is -1.07. The molecule has 4 nitrogen and oxygen atoms in total. The Labute approximate surface area is 148 Å². The lowest BCUT2D eigenvalue weighted by atomic mass is 10.2. The Morgan fingerprint density at radius 1 is 1.04 bits per heavy atom. The average molecular weight is 365 g/mol. The van der Waals surface area contributed by atoms with E-state index in [2.05, 4.69) is 5.32 Å². The van der Waals surface area contributed by atoms with Gasteiger partial charge in [0, 0.05) is 16.6 Å². The molecule has 2 atom stereocenters. The summed E-state index contributed by atoms with van der Waals surface area (Å²) in [5.41, 5.74) is 0.0820. The van der Waals surface area contributed by atoms with Crippen LogP contribution >= 0.6 is 11.8 Å². The number of anilines is 1. The summed E-state index contributed by atoms with van der Waals surface area (Å²) in [6.07, 6.45) is -1.07. The van der Waals surface area contributed by atoms with Gasteiger partial charge in [-0.1, -0.05) is 18.2 Å². The van der Waals surface area contributed by atoms with Crippen molar-refractivity contribution < 1.29 is 23.1 Å². The van der Waals surface area contributed by atoms with Gasteiger partial charge in [-0.05, 0) is 38.1 Å². The maximum Gasteiger partial charge on any atom is 0.319 e. The number of halogens is 2. The fourth-order valence-electron chi connectivity index (χ4n) is 1.89. The van der Waals surface area contributed by atoms with Gasteiger partial charge < -0.3 is 10.1 Å². The zero-order chi connectivity index (χ0) is 18.4. The average Bonchev–Trinajstić information content (AvgIpc) is 2.58. The van der Waals surface area contributed by atoms with E-state index in [1.807, 2.05) is 30.3 Å². The SMILES string of the molecule is C[C@H](Sc1ccccc1)C(=O)O[C@H](C)C(=O)Nc1ccc(F)c(F)c1. The van der Waals surface area contributed by atoms with E-state index >= 15 is 0 Å². The van der Waals surface area contributed by atoms with Crippen molar-refractivity contribution in [1.82, 2.24) is 0 Å². The second-order valence-electron chi connectivity index (χ2n) is 5.27. The third-order valence-corrected chi connectivity index (χ3v) is 4.33. The number of rotatable bonds is 6. The smallest absolute Gasteiger partial charge is 0.319 e. The number of amides is 1. The van der Waals surface area contributed by atoms with Crippen LogP contribution < -0.4 is 5.32 Å². The van der Waals surface area contributed by atoms with Crippen molar-refractivity contribution in [2.45, 2.75) is 30.1 Å². The molecule has 0 radical (unpaired) electrons. The van der Waals surface area contributed by atoms with Crippen LogP contribution in [0.5, 0.6) is 0 Å². The van der Waals surface area contributed by atoms with E-state index < -0.39 is 34.9 Å². The number of hydrogen-bond acceptors (Lipinski definition) is 4. The summed E-state index contributed by atoms with van der Waals surface area (Å²) >= 11 is 1.32. The zero-order valence-corrected chi connectivity index (χ0v) is 14.5. The summed E-state index contributed by atoms with van der Waals surface area (Å²) in [4.78, 5) is 25.0. The van der Waals surface area contributed by atoms with Gasteiger partial charge in [-0.25, -0.2) is 8.78 Å². The highest BCUT2D eigenvalue weighted by Crippen LogP contribution is 2.24. The van der Waals surface area contributed by atoms with Crippen LogP contribution in [0.2, 0.25) is 0 Å². The van der Waals surface area contributed by atoms with Crippen LogP contribution in [-0.2, 0) is 14.3 Å². The lowest BCUT2D eigenvalue weighted by Crippen LogP contribution is -2.32. The van der Waals surface area contributed by atoms with Crippen LogP contribution in [0, 0.1) is 11.6 Å². The highest BCUT2D eigenvalue weighted by atomic mass is 32.2. The van der Waals surface area contributed by atoms with Crippen LogP contribution in [0.4, 0.5) is 14.5 Å². The number of nitrogens with one attached hydrogen (secondary N) is 1. The normalized spacial score (nSPS) is 13.0. The van der Waals surface area contributed by atoms with Crippen molar-refractivity contribution in [3.8, 4) is 0 Å². The van der Waals surface area contributed by atoms with Gasteiger partial charge in [0.15, 0.2) is 17.7 Å². The summed E-state index contributed by atoms with van der Waals surface area (Å²) in [5.74, 6) is -3.25. The first-order valence-electron chi connectivity index (χ1n) is 7.55. The Morgan fingerprint density at radius 2 is 1.72 bits per heavy atom. The predicted octanol–water partition coefficient (Wildman–Crippen LogP) is 4.02. The fourth-order valence-corrected chi connectivity index (χ4v) is 2.77. The molecule has 7 heteroatoms. The number of thioether (sulfide) groups is 1. The van der Waals surface area contributed by atoms with Crippen LogP contribution in [0.3, 0.4) is 0 Å². The second-order valence-corrected chi connectivity index (χ2v) is 6.68. The molecule has 0 heterocycles. The maximum absolute atomic E-state index is 13.1. The Morgan fingerprint density at radius 3 is 2.36 bits per heavy atom. The van der Waals surface area contributed by atoms with Crippen molar-refractivity contribution in [3.05, 3.63) is 60.2 Å². The summed E-state index contributed by atoms with van der Waals surface area (Å²) in [6, 6.07) is 12.3. The molecule has 0 spiro atoms. The molecule has 2 aromatic rings. The summed E-state index contributed by atoms with van der Waals surface area (Å²) in [5, 5.41) is 1.87. The summed E-state index contributed by atoms with van der Waals surface area (Å²) in [6.45, 7) is 3.09. The van der Waals surface area contributed by atoms with E-state index in [1.54, 1.807) is 6.92 Å². The molecular weight excluding hydrogens is 348 g/mol. The van der Waals surface area contributed by atoms with Crippen molar-refractivity contribution in [2.75, 3.05) is 5.32 Å². The lowest BCUT2D eigenvalue weighted by molar-refractivity contribution is -0.152. The standard InChI is InChI=1S/C18H17F2NO3S/c1-11(17(22)21-13-8-9-15(19)16(20)10-13)24-18(23)12(2)25-14-6-4-3-5-7-14/h3-12H,1-2H3,(H,21,22)/t11-,12+/m1/s1. The molecule has 0 aliphatic rings. The van der Waals surface area contributed by atoms with Crippen LogP contribution in [0.1, 0.15) is 13.8 Å². The molecule has 0 aromatic heterocycles. The van der Waals surface area contributed by atoms with E-state index in [9.17, 15) is 18.4 Å². The number of carbonyl (C=O) groups is 2. The molecule has 1 amide bonds. The first-order valence-corrected chi connectivity index (χ1v) is 8.43. The van der Waals surface area contributed by atoms with Gasteiger partial charge in [-0.2, -0.15) is 0 Å². The van der Waals surface area contributed by atoms with E-state index in [-0.39, 0.29) is 5.69 Å².